The zero-order valence-electron chi connectivity index (χ0n) is 8.30. The molecule has 0 fully saturated rings. The van der Waals surface area contributed by atoms with Gasteiger partial charge in [-0.15, -0.1) is 0 Å². The first-order valence-corrected chi connectivity index (χ1v) is 5.10. The van der Waals surface area contributed by atoms with E-state index < -0.39 is 6.10 Å². The fraction of sp³-hybridized carbons (Fsp3) is 0.222. The Morgan fingerprint density at radius 1 is 1.44 bits per heavy atom. The molecule has 0 saturated carbocycles. The summed E-state index contributed by atoms with van der Waals surface area (Å²) < 4.78 is 12.3. The Balaban J connectivity index is 2.86. The Morgan fingerprint density at radius 3 is 2.69 bits per heavy atom. The third-order valence-corrected chi connectivity index (χ3v) is 2.25. The van der Waals surface area contributed by atoms with Crippen LogP contribution in [0.5, 0.6) is 5.75 Å². The van der Waals surface area contributed by atoms with E-state index in [0.717, 1.165) is 0 Å². The van der Waals surface area contributed by atoms with Gasteiger partial charge in [-0.3, -0.25) is 4.99 Å². The Labute approximate surface area is 96.3 Å². The number of phenolic OH excluding ortho intramolecular Hbond substituents is 1. The Kier molecular flexibility index (Phi) is 4.39. The van der Waals surface area contributed by atoms with Crippen LogP contribution in [0.15, 0.2) is 28.1 Å². The number of rotatable bonds is 4. The summed E-state index contributed by atoms with van der Waals surface area (Å²) in [6, 6.07) is 3.99. The topological polar surface area (TPSA) is 105 Å². The van der Waals surface area contributed by atoms with Crippen LogP contribution in [0.3, 0.4) is 0 Å². The van der Waals surface area contributed by atoms with Gasteiger partial charge in [0.15, 0.2) is 5.96 Å². The smallest absolute Gasteiger partial charge is 0.186 e. The van der Waals surface area contributed by atoms with Crippen LogP contribution in [0.25, 0.3) is 0 Å². The van der Waals surface area contributed by atoms with Crippen molar-refractivity contribution in [1.82, 2.24) is 0 Å². The van der Waals surface area contributed by atoms with Gasteiger partial charge in [0.05, 0.1) is 24.8 Å². The molecule has 16 heavy (non-hydrogen) atoms. The quantitative estimate of drug-likeness (QED) is 0.461. The van der Waals surface area contributed by atoms with E-state index in [4.69, 9.17) is 11.5 Å². The highest BCUT2D eigenvalue weighted by molar-refractivity contribution is 7.94. The Bertz CT molecular complexity index is 396. The number of phenols is 1. The van der Waals surface area contributed by atoms with Gasteiger partial charge in [0.1, 0.15) is 5.75 Å². The van der Waals surface area contributed by atoms with Crippen LogP contribution in [0.1, 0.15) is 11.7 Å². The summed E-state index contributed by atoms with van der Waals surface area (Å²) in [6.45, 7) is -0.0395. The second-order valence-corrected chi connectivity index (χ2v) is 3.74. The van der Waals surface area contributed by atoms with E-state index in [0.29, 0.717) is 5.56 Å². The maximum atomic E-state index is 12.3. The van der Waals surface area contributed by atoms with E-state index in [2.05, 4.69) is 4.99 Å². The van der Waals surface area contributed by atoms with Gasteiger partial charge in [0.2, 0.25) is 0 Å². The number of halogens is 1. The van der Waals surface area contributed by atoms with Crippen LogP contribution in [-0.2, 0) is 0 Å². The molecule has 0 spiro atoms. The fourth-order valence-corrected chi connectivity index (χ4v) is 1.49. The largest absolute Gasteiger partial charge is 0.508 e. The van der Waals surface area contributed by atoms with Gasteiger partial charge in [-0.05, 0) is 23.8 Å². The van der Waals surface area contributed by atoms with Crippen molar-refractivity contribution in [2.45, 2.75) is 11.0 Å². The summed E-state index contributed by atoms with van der Waals surface area (Å²) in [5.74, 6) is -0.263. The molecule has 1 aromatic rings. The van der Waals surface area contributed by atoms with E-state index >= 15 is 0 Å². The monoisotopic (exact) mass is 245 g/mol. The lowest BCUT2D eigenvalue weighted by atomic mass is 10.1. The number of aromatic hydroxyl groups is 1. The molecule has 5 nitrogen and oxygen atoms in total. The van der Waals surface area contributed by atoms with Crippen LogP contribution in [0.2, 0.25) is 0 Å². The molecule has 0 aromatic heterocycles. The SMILES string of the molecule is NC(N)=NCC(O)c1cc(O)cc(SF)c1. The zero-order chi connectivity index (χ0) is 12.1. The van der Waals surface area contributed by atoms with Gasteiger partial charge in [-0.1, -0.05) is 0 Å². The number of benzene rings is 1. The molecule has 0 aliphatic carbocycles. The van der Waals surface area contributed by atoms with E-state index in [1.165, 1.54) is 18.2 Å². The molecule has 0 aliphatic rings. The molecule has 1 unspecified atom stereocenters. The maximum Gasteiger partial charge on any atom is 0.186 e. The van der Waals surface area contributed by atoms with Gasteiger partial charge >= 0.3 is 0 Å². The molecule has 0 amide bonds. The number of hydrogen-bond acceptors (Lipinski definition) is 4. The molecule has 1 rings (SSSR count). The molecular formula is C9H12FN3O2S. The molecule has 1 atom stereocenters. The average Bonchev–Trinajstić information content (AvgIpc) is 2.24. The van der Waals surface area contributed by atoms with Crippen LogP contribution in [0, 0.1) is 0 Å². The number of nitrogens with zero attached hydrogens (tertiary/aromatic N) is 1. The van der Waals surface area contributed by atoms with Crippen molar-refractivity contribution in [3.05, 3.63) is 23.8 Å². The standard InChI is InChI=1S/C9H12FN3O2S/c10-16-7-2-5(1-6(14)3-7)8(15)4-13-9(11)12/h1-3,8,14-15H,4H2,(H4,11,12,13). The zero-order valence-corrected chi connectivity index (χ0v) is 9.12. The van der Waals surface area contributed by atoms with Crippen LogP contribution in [-0.4, -0.2) is 22.7 Å². The van der Waals surface area contributed by atoms with E-state index in [-0.39, 0.29) is 35.3 Å². The minimum Gasteiger partial charge on any atom is -0.508 e. The highest BCUT2D eigenvalue weighted by Crippen LogP contribution is 2.28. The molecule has 0 bridgehead atoms. The van der Waals surface area contributed by atoms with Gasteiger partial charge in [-0.25, -0.2) is 0 Å². The third kappa shape index (κ3) is 3.59. The van der Waals surface area contributed by atoms with Crippen molar-refractivity contribution < 1.29 is 14.1 Å². The van der Waals surface area contributed by atoms with Crippen molar-refractivity contribution in [2.24, 2.45) is 16.5 Å². The average molecular weight is 245 g/mol. The number of aliphatic hydroxyl groups is 1. The second-order valence-electron chi connectivity index (χ2n) is 3.12. The summed E-state index contributed by atoms with van der Waals surface area (Å²) in [7, 11) is 0. The van der Waals surface area contributed by atoms with Gasteiger partial charge in [-0.2, -0.15) is 3.89 Å². The summed E-state index contributed by atoms with van der Waals surface area (Å²) in [6.07, 6.45) is -0.986. The van der Waals surface area contributed by atoms with Crippen LogP contribution >= 0.6 is 12.1 Å². The van der Waals surface area contributed by atoms with Gasteiger partial charge in [0.25, 0.3) is 0 Å². The van der Waals surface area contributed by atoms with Crippen LogP contribution in [0.4, 0.5) is 3.89 Å². The van der Waals surface area contributed by atoms with E-state index in [1.807, 2.05) is 0 Å². The molecule has 6 N–H and O–H groups in total. The van der Waals surface area contributed by atoms with Gasteiger partial charge in [0, 0.05) is 4.90 Å². The Hall–Kier alpha value is -1.47. The highest BCUT2D eigenvalue weighted by Gasteiger charge is 2.10. The van der Waals surface area contributed by atoms with Crippen molar-refractivity contribution in [1.29, 1.82) is 0 Å². The van der Waals surface area contributed by atoms with Gasteiger partial charge < -0.3 is 21.7 Å². The lowest BCUT2D eigenvalue weighted by molar-refractivity contribution is 0.186. The molecule has 0 heterocycles. The normalized spacial score (nSPS) is 12.1. The molecule has 7 heteroatoms. The predicted molar refractivity (Wildman–Crippen MR) is 60.7 cm³/mol. The molecular weight excluding hydrogens is 233 g/mol. The summed E-state index contributed by atoms with van der Waals surface area (Å²) >= 11 is -0.0174. The first-order chi connectivity index (χ1) is 7.52. The highest BCUT2D eigenvalue weighted by atomic mass is 32.2. The Morgan fingerprint density at radius 2 is 2.12 bits per heavy atom. The lowest BCUT2D eigenvalue weighted by Gasteiger charge is -2.09. The number of nitrogens with two attached hydrogens (primary N) is 2. The van der Waals surface area contributed by atoms with Crippen LogP contribution < -0.4 is 11.5 Å². The van der Waals surface area contributed by atoms with E-state index in [1.54, 1.807) is 0 Å². The summed E-state index contributed by atoms with van der Waals surface area (Å²) in [5, 5.41) is 18.9. The first kappa shape index (κ1) is 12.6. The minimum atomic E-state index is -0.986. The van der Waals surface area contributed by atoms with Crippen molar-refractivity contribution in [3.63, 3.8) is 0 Å². The number of guanidine groups is 1. The maximum absolute atomic E-state index is 12.3. The molecule has 0 radical (unpaired) electrons. The van der Waals surface area contributed by atoms with E-state index in [9.17, 15) is 14.1 Å². The first-order valence-electron chi connectivity index (χ1n) is 4.39. The number of aliphatic hydroxyl groups excluding tert-OH is 1. The molecule has 88 valence electrons. The molecule has 0 saturated heterocycles. The fourth-order valence-electron chi connectivity index (χ4n) is 1.14. The predicted octanol–water partition coefficient (Wildman–Crippen LogP) is 0.676. The third-order valence-electron chi connectivity index (χ3n) is 1.83. The number of aliphatic imine (C=N–C) groups is 1. The molecule has 1 aromatic carbocycles. The van der Waals surface area contributed by atoms with Crippen molar-refractivity contribution in [3.8, 4) is 5.75 Å². The van der Waals surface area contributed by atoms with Crippen molar-refractivity contribution >= 4 is 18.1 Å². The molecule has 0 aliphatic heterocycles. The second kappa shape index (κ2) is 5.57. The lowest BCUT2D eigenvalue weighted by Crippen LogP contribution is -2.23. The summed E-state index contributed by atoms with van der Waals surface area (Å²) in [4.78, 5) is 3.83. The van der Waals surface area contributed by atoms with Crippen molar-refractivity contribution in [2.75, 3.05) is 6.54 Å². The number of hydrogen-bond donors (Lipinski definition) is 4. The minimum absolute atomic E-state index is 0.0174. The summed E-state index contributed by atoms with van der Waals surface area (Å²) in [5.41, 5.74) is 10.6.